The summed E-state index contributed by atoms with van der Waals surface area (Å²) in [6.45, 7) is 0. The molecule has 2 N–H and O–H groups in total. The lowest BCUT2D eigenvalue weighted by molar-refractivity contribution is 1.31. The van der Waals surface area contributed by atoms with Crippen LogP contribution in [0.25, 0.3) is 0 Å². The van der Waals surface area contributed by atoms with Crippen LogP contribution in [0, 0.1) is 9.56 Å². The molecule has 0 heterocycles. The molecule has 0 spiro atoms. The fraction of sp³-hybridized carbons (Fsp3) is 0. The molecule has 0 atom stereocenters. The van der Waals surface area contributed by atoms with Crippen molar-refractivity contribution in [2.75, 3.05) is 0 Å². The van der Waals surface area contributed by atoms with Gasteiger partial charge in [0.2, 0.25) is 0 Å². The van der Waals surface area contributed by atoms with Gasteiger partial charge in [0.1, 0.15) is 0 Å². The molecule has 2 aromatic rings. The lowest BCUT2D eigenvalue weighted by atomic mass is 10.4. The summed E-state index contributed by atoms with van der Waals surface area (Å²) >= 11 is 0. The van der Waals surface area contributed by atoms with Crippen molar-refractivity contribution < 1.29 is 0 Å². The third kappa shape index (κ3) is 1.92. The normalized spacial score (nSPS) is 11.2. The van der Waals surface area contributed by atoms with E-state index >= 15 is 0 Å². The standard InChI is InChI=1S/C12H12N2S/c13-15(14,11-7-3-1-4-8-11)12-9-5-2-6-10-12/h1-10,13-14H. The van der Waals surface area contributed by atoms with E-state index in [4.69, 9.17) is 9.56 Å². The van der Waals surface area contributed by atoms with E-state index in [2.05, 4.69) is 0 Å². The Bertz CT molecular complexity index is 485. The largest absolute Gasteiger partial charge is 0.262 e. The second kappa shape index (κ2) is 3.87. The van der Waals surface area contributed by atoms with Gasteiger partial charge in [-0.2, -0.15) is 0 Å². The number of hydrogen-bond acceptors (Lipinski definition) is 2. The van der Waals surface area contributed by atoms with Crippen molar-refractivity contribution in [1.82, 2.24) is 0 Å². The maximum atomic E-state index is 8.16. The molecule has 2 nitrogen and oxygen atoms in total. The molecular weight excluding hydrogens is 204 g/mol. The van der Waals surface area contributed by atoms with Gasteiger partial charge in [-0.25, -0.2) is 0 Å². The summed E-state index contributed by atoms with van der Waals surface area (Å²) in [6.07, 6.45) is 0. The van der Waals surface area contributed by atoms with Gasteiger partial charge in [-0.3, -0.25) is 9.56 Å². The van der Waals surface area contributed by atoms with E-state index in [9.17, 15) is 0 Å². The molecule has 0 unspecified atom stereocenters. The maximum absolute atomic E-state index is 8.16. The number of hydrogen-bond donors (Lipinski definition) is 2. The first-order chi connectivity index (χ1) is 7.21. The van der Waals surface area contributed by atoms with Gasteiger partial charge in [0.15, 0.2) is 0 Å². The predicted molar refractivity (Wildman–Crippen MR) is 62.2 cm³/mol. The lowest BCUT2D eigenvalue weighted by Crippen LogP contribution is -1.96. The molecule has 0 saturated heterocycles. The molecule has 0 radical (unpaired) electrons. The minimum Gasteiger partial charge on any atom is -0.262 e. The highest BCUT2D eigenvalue weighted by atomic mass is 32.2. The fourth-order valence-electron chi connectivity index (χ4n) is 1.39. The Morgan fingerprint density at radius 3 is 1.27 bits per heavy atom. The number of rotatable bonds is 2. The minimum atomic E-state index is -2.34. The van der Waals surface area contributed by atoms with Crippen molar-refractivity contribution in [2.45, 2.75) is 9.79 Å². The van der Waals surface area contributed by atoms with Gasteiger partial charge in [0, 0.05) is 9.79 Å². The van der Waals surface area contributed by atoms with E-state index in [1.54, 1.807) is 0 Å². The van der Waals surface area contributed by atoms with Gasteiger partial charge < -0.3 is 0 Å². The van der Waals surface area contributed by atoms with Crippen molar-refractivity contribution in [2.24, 2.45) is 0 Å². The highest BCUT2D eigenvalue weighted by Gasteiger charge is 2.07. The first kappa shape index (κ1) is 9.93. The molecule has 0 amide bonds. The Morgan fingerprint density at radius 1 is 0.600 bits per heavy atom. The van der Waals surface area contributed by atoms with E-state index in [1.165, 1.54) is 0 Å². The zero-order valence-electron chi connectivity index (χ0n) is 8.18. The summed E-state index contributed by atoms with van der Waals surface area (Å²) in [4.78, 5) is 1.55. The van der Waals surface area contributed by atoms with E-state index in [1.807, 2.05) is 60.7 Å². The van der Waals surface area contributed by atoms with Crippen molar-refractivity contribution in [3.8, 4) is 0 Å². The minimum absolute atomic E-state index is 0.774. The molecule has 0 fully saturated rings. The third-order valence-electron chi connectivity index (χ3n) is 2.19. The molecule has 76 valence electrons. The van der Waals surface area contributed by atoms with Crippen LogP contribution in [-0.4, -0.2) is 0 Å². The van der Waals surface area contributed by atoms with Crippen molar-refractivity contribution in [3.05, 3.63) is 60.7 Å². The van der Waals surface area contributed by atoms with Crippen molar-refractivity contribution in [3.63, 3.8) is 0 Å². The Morgan fingerprint density at radius 2 is 0.933 bits per heavy atom. The van der Waals surface area contributed by atoms with Crippen LogP contribution in [0.3, 0.4) is 0 Å². The molecule has 2 rings (SSSR count). The van der Waals surface area contributed by atoms with E-state index in [0.29, 0.717) is 0 Å². The molecule has 0 bridgehead atoms. The molecule has 3 heteroatoms. The van der Waals surface area contributed by atoms with Gasteiger partial charge in [0.25, 0.3) is 0 Å². The molecule has 0 aromatic heterocycles. The van der Waals surface area contributed by atoms with Crippen LogP contribution < -0.4 is 0 Å². The van der Waals surface area contributed by atoms with E-state index < -0.39 is 9.62 Å². The van der Waals surface area contributed by atoms with Gasteiger partial charge in [-0.05, 0) is 33.9 Å². The fourth-order valence-corrected chi connectivity index (χ4v) is 2.79. The molecule has 0 saturated carbocycles. The highest BCUT2D eigenvalue weighted by molar-refractivity contribution is 7.93. The van der Waals surface area contributed by atoms with Crippen LogP contribution in [0.5, 0.6) is 0 Å². The van der Waals surface area contributed by atoms with Crippen LogP contribution in [0.4, 0.5) is 0 Å². The van der Waals surface area contributed by atoms with Crippen LogP contribution in [0.1, 0.15) is 0 Å². The molecule has 2 aromatic carbocycles. The quantitative estimate of drug-likeness (QED) is 0.767. The number of nitrogens with one attached hydrogen (secondary N) is 2. The van der Waals surface area contributed by atoms with Crippen LogP contribution in [0.15, 0.2) is 70.5 Å². The summed E-state index contributed by atoms with van der Waals surface area (Å²) in [5.74, 6) is 0. The first-order valence-electron chi connectivity index (χ1n) is 4.64. The highest BCUT2D eigenvalue weighted by Crippen LogP contribution is 2.21. The van der Waals surface area contributed by atoms with Crippen LogP contribution in [0.2, 0.25) is 0 Å². The van der Waals surface area contributed by atoms with Gasteiger partial charge in [-0.15, -0.1) is 0 Å². The molecule has 15 heavy (non-hydrogen) atoms. The Balaban J connectivity index is 2.55. The molecular formula is C12H12N2S. The SMILES string of the molecule is N=S(=N)(c1ccccc1)c1ccccc1. The van der Waals surface area contributed by atoms with E-state index in [-0.39, 0.29) is 0 Å². The van der Waals surface area contributed by atoms with Crippen LogP contribution >= 0.6 is 0 Å². The maximum Gasteiger partial charge on any atom is 0.0321 e. The topological polar surface area (TPSA) is 47.7 Å². The average Bonchev–Trinajstić information content (AvgIpc) is 2.31. The summed E-state index contributed by atoms with van der Waals surface area (Å²) in [5.41, 5.74) is 0. The smallest absolute Gasteiger partial charge is 0.0321 e. The van der Waals surface area contributed by atoms with Gasteiger partial charge in [0.05, 0.1) is 0 Å². The Labute approximate surface area is 90.0 Å². The number of benzene rings is 2. The van der Waals surface area contributed by atoms with Gasteiger partial charge >= 0.3 is 0 Å². The molecule has 0 aliphatic carbocycles. The predicted octanol–water partition coefficient (Wildman–Crippen LogP) is 3.78. The van der Waals surface area contributed by atoms with Crippen molar-refractivity contribution >= 4 is 9.62 Å². The van der Waals surface area contributed by atoms with E-state index in [0.717, 1.165) is 9.79 Å². The summed E-state index contributed by atoms with van der Waals surface area (Å²) < 4.78 is 16.3. The first-order valence-corrected chi connectivity index (χ1v) is 6.27. The van der Waals surface area contributed by atoms with Crippen LogP contribution in [-0.2, 0) is 9.62 Å². The second-order valence-electron chi connectivity index (χ2n) is 3.24. The molecule has 0 aliphatic rings. The van der Waals surface area contributed by atoms with Crippen molar-refractivity contribution in [1.29, 1.82) is 9.56 Å². The lowest BCUT2D eigenvalue weighted by Gasteiger charge is -2.10. The molecule has 0 aliphatic heterocycles. The monoisotopic (exact) mass is 216 g/mol. The summed E-state index contributed by atoms with van der Waals surface area (Å²) in [6, 6.07) is 18.7. The zero-order chi connectivity index (χ0) is 10.7. The van der Waals surface area contributed by atoms with Gasteiger partial charge in [-0.1, -0.05) is 36.4 Å². The summed E-state index contributed by atoms with van der Waals surface area (Å²) in [7, 11) is -2.34. The average molecular weight is 216 g/mol. The zero-order valence-corrected chi connectivity index (χ0v) is 9.00. The Kier molecular flexibility index (Phi) is 2.56. The third-order valence-corrected chi connectivity index (χ3v) is 4.15. The Hall–Kier alpha value is -1.61. The summed E-state index contributed by atoms with van der Waals surface area (Å²) in [5, 5.41) is 0. The second-order valence-corrected chi connectivity index (χ2v) is 5.41.